The molecule has 0 heterocycles. The van der Waals surface area contributed by atoms with Crippen LogP contribution in [-0.2, 0) is 9.59 Å². The quantitative estimate of drug-likeness (QED) is 0.284. The molecule has 2 atom stereocenters. The highest BCUT2D eigenvalue weighted by Gasteiger charge is 2.11. The van der Waals surface area contributed by atoms with Gasteiger partial charge in [0.2, 0.25) is 0 Å². The van der Waals surface area contributed by atoms with Crippen LogP contribution in [0.1, 0.15) is 51.9 Å². The number of rotatable bonds is 14. The van der Waals surface area contributed by atoms with Crippen LogP contribution in [0.5, 0.6) is 0 Å². The highest BCUT2D eigenvalue weighted by atomic mass is 16.4. The molecule has 0 radical (unpaired) electrons. The summed E-state index contributed by atoms with van der Waals surface area (Å²) in [4.78, 5) is 21.7. The van der Waals surface area contributed by atoms with Gasteiger partial charge in [0, 0.05) is 12.4 Å². The maximum Gasteiger partial charge on any atom is 0.155 e. The van der Waals surface area contributed by atoms with Crippen LogP contribution < -0.4 is 5.11 Å². The van der Waals surface area contributed by atoms with Crippen molar-refractivity contribution in [3.8, 4) is 0 Å². The molecule has 0 aliphatic carbocycles. The smallest absolute Gasteiger partial charge is 0.155 e. The maximum absolute atomic E-state index is 11.5. The van der Waals surface area contributed by atoms with Gasteiger partial charge in [0.25, 0.3) is 0 Å². The third kappa shape index (κ3) is 15.3. The molecular weight excluding hydrogens is 320 g/mol. The van der Waals surface area contributed by atoms with Gasteiger partial charge in [-0.25, -0.2) is 0 Å². The molecule has 0 saturated heterocycles. The zero-order valence-corrected chi connectivity index (χ0v) is 14.8. The minimum Gasteiger partial charge on any atom is -0.550 e. The van der Waals surface area contributed by atoms with Crippen LogP contribution in [-0.4, -0.2) is 34.2 Å². The number of aliphatic hydroxyl groups excluding tert-OH is 2. The SMILES string of the molecule is CCCCCC(=O)/C=C/C=C\C=C\C=C\[C@@H](O)[C@@H](O)CCCC(=O)[O-]. The van der Waals surface area contributed by atoms with Gasteiger partial charge < -0.3 is 20.1 Å². The van der Waals surface area contributed by atoms with Crippen LogP contribution in [0, 0.1) is 0 Å². The Hall–Kier alpha value is -1.98. The number of carboxylic acid groups (broad SMARTS) is 1. The van der Waals surface area contributed by atoms with Gasteiger partial charge in [-0.2, -0.15) is 0 Å². The Kier molecular flexibility index (Phi) is 14.3. The van der Waals surface area contributed by atoms with Crippen LogP contribution in [0.4, 0.5) is 0 Å². The van der Waals surface area contributed by atoms with E-state index in [4.69, 9.17) is 0 Å². The summed E-state index contributed by atoms with van der Waals surface area (Å²) in [5, 5.41) is 29.6. The van der Waals surface area contributed by atoms with Gasteiger partial charge >= 0.3 is 0 Å². The van der Waals surface area contributed by atoms with Crippen molar-refractivity contribution in [3.05, 3.63) is 48.6 Å². The van der Waals surface area contributed by atoms with Crippen LogP contribution >= 0.6 is 0 Å². The number of aliphatic hydroxyl groups is 2. The topological polar surface area (TPSA) is 97.7 Å². The van der Waals surface area contributed by atoms with Crippen molar-refractivity contribution in [2.24, 2.45) is 0 Å². The van der Waals surface area contributed by atoms with E-state index in [1.165, 1.54) is 6.08 Å². The van der Waals surface area contributed by atoms with E-state index in [1.54, 1.807) is 42.5 Å². The van der Waals surface area contributed by atoms with E-state index in [9.17, 15) is 24.9 Å². The van der Waals surface area contributed by atoms with E-state index in [-0.39, 0.29) is 25.0 Å². The molecule has 0 aliphatic heterocycles. The number of unbranched alkanes of at least 4 members (excludes halogenated alkanes) is 2. The molecule has 0 rings (SSSR count). The number of ketones is 1. The van der Waals surface area contributed by atoms with E-state index in [2.05, 4.69) is 6.92 Å². The summed E-state index contributed by atoms with van der Waals surface area (Å²) < 4.78 is 0. The Morgan fingerprint density at radius 2 is 1.56 bits per heavy atom. The molecule has 5 nitrogen and oxygen atoms in total. The van der Waals surface area contributed by atoms with Crippen LogP contribution in [0.25, 0.3) is 0 Å². The average Bonchev–Trinajstić information content (AvgIpc) is 2.56. The molecule has 140 valence electrons. The summed E-state index contributed by atoms with van der Waals surface area (Å²) in [6.07, 6.45) is 15.1. The fourth-order valence-electron chi connectivity index (χ4n) is 1.98. The molecule has 0 aromatic carbocycles. The van der Waals surface area contributed by atoms with Gasteiger partial charge in [-0.15, -0.1) is 0 Å². The molecule has 2 N–H and O–H groups in total. The lowest BCUT2D eigenvalue weighted by atomic mass is 10.1. The molecule has 0 aromatic heterocycles. The van der Waals surface area contributed by atoms with Crippen LogP contribution in [0.15, 0.2) is 48.6 Å². The summed E-state index contributed by atoms with van der Waals surface area (Å²) in [6.45, 7) is 2.10. The fourth-order valence-corrected chi connectivity index (χ4v) is 1.98. The highest BCUT2D eigenvalue weighted by molar-refractivity contribution is 5.89. The summed E-state index contributed by atoms with van der Waals surface area (Å²) in [7, 11) is 0. The first-order valence-electron chi connectivity index (χ1n) is 8.74. The Morgan fingerprint density at radius 3 is 2.20 bits per heavy atom. The zero-order valence-electron chi connectivity index (χ0n) is 14.8. The van der Waals surface area contributed by atoms with E-state index in [0.717, 1.165) is 19.3 Å². The van der Waals surface area contributed by atoms with Crippen LogP contribution in [0.3, 0.4) is 0 Å². The maximum atomic E-state index is 11.5. The van der Waals surface area contributed by atoms with Crippen molar-refractivity contribution < 1.29 is 24.9 Å². The Labute approximate surface area is 150 Å². The van der Waals surface area contributed by atoms with Gasteiger partial charge in [-0.05, 0) is 31.8 Å². The average molecular weight is 349 g/mol. The van der Waals surface area contributed by atoms with Crippen molar-refractivity contribution in [2.75, 3.05) is 0 Å². The first kappa shape index (κ1) is 23.0. The number of hydrogen-bond donors (Lipinski definition) is 2. The highest BCUT2D eigenvalue weighted by Crippen LogP contribution is 2.06. The third-order valence-electron chi connectivity index (χ3n) is 3.45. The normalized spacial score (nSPS) is 14.8. The lowest BCUT2D eigenvalue weighted by Gasteiger charge is -2.14. The number of carbonyl (C=O) groups excluding carboxylic acids is 2. The monoisotopic (exact) mass is 349 g/mol. The van der Waals surface area contributed by atoms with Gasteiger partial charge in [0.15, 0.2) is 5.78 Å². The van der Waals surface area contributed by atoms with Crippen LogP contribution in [0.2, 0.25) is 0 Å². The Bertz CT molecular complexity index is 488. The molecule has 0 aliphatic rings. The lowest BCUT2D eigenvalue weighted by molar-refractivity contribution is -0.305. The zero-order chi connectivity index (χ0) is 18.9. The molecule has 0 bridgehead atoms. The molecule has 0 fully saturated rings. The second-order valence-electron chi connectivity index (χ2n) is 5.76. The fraction of sp³-hybridized carbons (Fsp3) is 0.500. The Balaban J connectivity index is 3.99. The number of aliphatic carboxylic acids is 1. The number of carboxylic acids is 1. The van der Waals surface area contributed by atoms with Crippen molar-refractivity contribution in [1.29, 1.82) is 0 Å². The second kappa shape index (κ2) is 15.5. The van der Waals surface area contributed by atoms with Gasteiger partial charge in [-0.3, -0.25) is 4.79 Å². The predicted molar refractivity (Wildman–Crippen MR) is 96.6 cm³/mol. The van der Waals surface area contributed by atoms with Crippen molar-refractivity contribution in [2.45, 2.75) is 64.1 Å². The first-order chi connectivity index (χ1) is 12.0. The van der Waals surface area contributed by atoms with E-state index >= 15 is 0 Å². The summed E-state index contributed by atoms with van der Waals surface area (Å²) >= 11 is 0. The largest absolute Gasteiger partial charge is 0.550 e. The Morgan fingerprint density at radius 1 is 0.920 bits per heavy atom. The molecule has 0 aromatic rings. The molecule has 25 heavy (non-hydrogen) atoms. The molecule has 5 heteroatoms. The molecule has 0 saturated carbocycles. The number of hydrogen-bond acceptors (Lipinski definition) is 5. The van der Waals surface area contributed by atoms with Gasteiger partial charge in [-0.1, -0.05) is 62.3 Å². The van der Waals surface area contributed by atoms with Gasteiger partial charge in [0.05, 0.1) is 12.2 Å². The first-order valence-corrected chi connectivity index (χ1v) is 8.74. The molecule has 0 spiro atoms. The molecular formula is C20H29O5-. The van der Waals surface area contributed by atoms with Gasteiger partial charge in [0.1, 0.15) is 0 Å². The number of allylic oxidation sites excluding steroid dienone is 7. The van der Waals surface area contributed by atoms with Crippen molar-refractivity contribution >= 4 is 11.8 Å². The summed E-state index contributed by atoms with van der Waals surface area (Å²) in [5.74, 6) is -1.04. The van der Waals surface area contributed by atoms with Crippen molar-refractivity contribution in [3.63, 3.8) is 0 Å². The van der Waals surface area contributed by atoms with E-state index in [0.29, 0.717) is 6.42 Å². The standard InChI is InChI=1S/C20H30O5/c1-2-3-8-12-17(21)13-9-6-4-5-7-10-14-18(22)19(23)15-11-16-20(24)25/h4-7,9-10,13-14,18-19,22-23H,2-3,8,11-12,15-16H2,1H3,(H,24,25)/p-1/b6-4-,7-5+,13-9+,14-10+/t18-,19+/m1/s1. The molecule has 0 amide bonds. The minimum atomic E-state index is -1.16. The predicted octanol–water partition coefficient (Wildman–Crippen LogP) is 2.00. The van der Waals surface area contributed by atoms with Crippen molar-refractivity contribution in [1.82, 2.24) is 0 Å². The number of carbonyl (C=O) groups is 2. The minimum absolute atomic E-state index is 0.123. The summed E-state index contributed by atoms with van der Waals surface area (Å²) in [6, 6.07) is 0. The van der Waals surface area contributed by atoms with E-state index < -0.39 is 18.2 Å². The molecule has 0 unspecified atom stereocenters. The summed E-state index contributed by atoms with van der Waals surface area (Å²) in [5.41, 5.74) is 0. The lowest BCUT2D eigenvalue weighted by Crippen LogP contribution is -2.26. The third-order valence-corrected chi connectivity index (χ3v) is 3.45. The van der Waals surface area contributed by atoms with E-state index in [1.807, 2.05) is 0 Å². The second-order valence-corrected chi connectivity index (χ2v) is 5.76.